The van der Waals surface area contributed by atoms with Crippen molar-refractivity contribution in [3.8, 4) is 0 Å². The highest BCUT2D eigenvalue weighted by atomic mass is 32.2. The fourth-order valence-corrected chi connectivity index (χ4v) is 4.85. The molecular weight excluding hydrogens is 261 g/mol. The molecule has 0 heterocycles. The summed E-state index contributed by atoms with van der Waals surface area (Å²) in [5.74, 6) is -1.92. The van der Waals surface area contributed by atoms with Gasteiger partial charge in [-0.05, 0) is 18.1 Å². The van der Waals surface area contributed by atoms with Gasteiger partial charge in [0.2, 0.25) is 8.32 Å². The molecule has 0 atom stereocenters. The van der Waals surface area contributed by atoms with Gasteiger partial charge < -0.3 is 3.87 Å². The largest absolute Gasteiger partial charge is 0.405 e. The third-order valence-corrected chi connectivity index (χ3v) is 9.46. The highest BCUT2D eigenvalue weighted by Gasteiger charge is 2.44. The van der Waals surface area contributed by atoms with E-state index in [9.17, 15) is 21.6 Å². The van der Waals surface area contributed by atoms with E-state index in [0.717, 1.165) is 0 Å². The number of rotatable bonds is 3. The lowest BCUT2D eigenvalue weighted by Gasteiger charge is -2.35. The van der Waals surface area contributed by atoms with Gasteiger partial charge in [0.1, 0.15) is 0 Å². The molecule has 0 bridgehead atoms. The van der Waals surface area contributed by atoms with Crippen LogP contribution in [0.1, 0.15) is 20.8 Å². The van der Waals surface area contributed by atoms with Crippen molar-refractivity contribution in [2.75, 3.05) is 5.75 Å². The van der Waals surface area contributed by atoms with Crippen molar-refractivity contribution in [1.29, 1.82) is 0 Å². The van der Waals surface area contributed by atoms with E-state index in [1.165, 1.54) is 0 Å². The molecule has 0 N–H and O–H groups in total. The summed E-state index contributed by atoms with van der Waals surface area (Å²) >= 11 is 0. The molecule has 8 heteroatoms. The van der Waals surface area contributed by atoms with E-state index in [2.05, 4.69) is 0 Å². The Morgan fingerprint density at radius 2 is 1.50 bits per heavy atom. The third kappa shape index (κ3) is 5.31. The van der Waals surface area contributed by atoms with Crippen molar-refractivity contribution in [3.63, 3.8) is 0 Å². The van der Waals surface area contributed by atoms with Crippen LogP contribution in [-0.2, 0) is 14.0 Å². The highest BCUT2D eigenvalue weighted by molar-refractivity contribution is 7.87. The molecule has 0 saturated carbocycles. The minimum Gasteiger partial charge on any atom is -0.314 e. The molecule has 0 aliphatic heterocycles. The van der Waals surface area contributed by atoms with Crippen LogP contribution in [0.25, 0.3) is 0 Å². The molecule has 0 aliphatic carbocycles. The first kappa shape index (κ1) is 15.9. The number of alkyl halides is 3. The van der Waals surface area contributed by atoms with Crippen LogP contribution in [0.3, 0.4) is 0 Å². The molecule has 0 saturated heterocycles. The number of hydrogen-bond donors (Lipinski definition) is 0. The Morgan fingerprint density at radius 3 is 1.75 bits per heavy atom. The fourth-order valence-electron chi connectivity index (χ4n) is 0.672. The van der Waals surface area contributed by atoms with Gasteiger partial charge in [-0.2, -0.15) is 13.2 Å². The van der Waals surface area contributed by atoms with Gasteiger partial charge in [0, 0.05) is 0 Å². The Balaban J connectivity index is 4.87. The van der Waals surface area contributed by atoms with Gasteiger partial charge in [0.05, 0.1) is 0 Å². The molecule has 0 aromatic rings. The van der Waals surface area contributed by atoms with Crippen LogP contribution < -0.4 is 0 Å². The van der Waals surface area contributed by atoms with Gasteiger partial charge in [-0.25, -0.2) is 8.42 Å². The van der Waals surface area contributed by atoms with Gasteiger partial charge in [-0.1, -0.05) is 20.8 Å². The van der Waals surface area contributed by atoms with Crippen molar-refractivity contribution >= 4 is 18.4 Å². The summed E-state index contributed by atoms with van der Waals surface area (Å²) in [6.45, 7) is 8.43. The summed E-state index contributed by atoms with van der Waals surface area (Å²) in [5, 5.41) is -0.453. The first-order valence-corrected chi connectivity index (χ1v) is 9.15. The fraction of sp³-hybridized carbons (Fsp3) is 1.00. The molecule has 0 aliphatic rings. The quantitative estimate of drug-likeness (QED) is 0.746. The Kier molecular flexibility index (Phi) is 4.28. The maximum absolute atomic E-state index is 12.0. The van der Waals surface area contributed by atoms with E-state index in [-0.39, 0.29) is 0 Å². The van der Waals surface area contributed by atoms with E-state index >= 15 is 0 Å². The Morgan fingerprint density at radius 1 is 1.12 bits per heavy atom. The maximum Gasteiger partial charge on any atom is 0.405 e. The first-order valence-electron chi connectivity index (χ1n) is 4.66. The average molecular weight is 278 g/mol. The van der Waals surface area contributed by atoms with E-state index in [4.69, 9.17) is 3.87 Å². The Hall–Kier alpha value is -0.0831. The molecule has 0 unspecified atom stereocenters. The molecule has 16 heavy (non-hydrogen) atoms. The molecule has 0 fully saturated rings. The third-order valence-electron chi connectivity index (χ3n) is 2.48. The van der Waals surface area contributed by atoms with Gasteiger partial charge in [-0.3, -0.25) is 0 Å². The van der Waals surface area contributed by atoms with Crippen LogP contribution in [0, 0.1) is 0 Å². The standard InChI is InChI=1S/C8H17F3O3SSi/c1-7(2,3)16(4,5)14-15(12,13)6-8(9,10)11/h6H2,1-5H3. The lowest BCUT2D eigenvalue weighted by molar-refractivity contribution is -0.107. The van der Waals surface area contributed by atoms with Crippen LogP contribution in [0.5, 0.6) is 0 Å². The molecule has 0 rings (SSSR count). The molecular formula is C8H17F3O3SSi. The normalized spacial score (nSPS) is 15.2. The summed E-state index contributed by atoms with van der Waals surface area (Å²) in [6.07, 6.45) is -4.76. The van der Waals surface area contributed by atoms with Crippen LogP contribution in [-0.4, -0.2) is 28.7 Å². The van der Waals surface area contributed by atoms with Crippen molar-refractivity contribution in [2.24, 2.45) is 0 Å². The van der Waals surface area contributed by atoms with Crippen LogP contribution in [0.4, 0.5) is 13.2 Å². The van der Waals surface area contributed by atoms with Crippen LogP contribution >= 0.6 is 0 Å². The van der Waals surface area contributed by atoms with Crippen molar-refractivity contribution in [1.82, 2.24) is 0 Å². The monoisotopic (exact) mass is 278 g/mol. The van der Waals surface area contributed by atoms with Crippen LogP contribution in [0.15, 0.2) is 0 Å². The molecule has 98 valence electrons. The van der Waals surface area contributed by atoms with Gasteiger partial charge in [-0.15, -0.1) is 0 Å². The molecule has 0 amide bonds. The zero-order valence-electron chi connectivity index (χ0n) is 9.97. The van der Waals surface area contributed by atoms with E-state index in [1.54, 1.807) is 33.9 Å². The van der Waals surface area contributed by atoms with Crippen LogP contribution in [0.2, 0.25) is 18.1 Å². The zero-order valence-corrected chi connectivity index (χ0v) is 11.8. The Bertz CT molecular complexity index is 341. The second-order valence-corrected chi connectivity index (χ2v) is 11.8. The van der Waals surface area contributed by atoms with Gasteiger partial charge in [0.15, 0.2) is 5.75 Å². The molecule has 0 radical (unpaired) electrons. The first-order chi connectivity index (χ1) is 6.66. The molecule has 3 nitrogen and oxygen atoms in total. The van der Waals surface area contributed by atoms with Crippen molar-refractivity contribution in [2.45, 2.75) is 45.1 Å². The number of hydrogen-bond acceptors (Lipinski definition) is 3. The second kappa shape index (κ2) is 4.30. The molecule has 0 aromatic carbocycles. The average Bonchev–Trinajstić information content (AvgIpc) is 1.72. The van der Waals surface area contributed by atoms with Gasteiger partial charge in [0.25, 0.3) is 10.1 Å². The summed E-state index contributed by atoms with van der Waals surface area (Å²) in [5.41, 5.74) is 0. The van der Waals surface area contributed by atoms with E-state index in [0.29, 0.717) is 0 Å². The lowest BCUT2D eigenvalue weighted by atomic mass is 10.2. The SMILES string of the molecule is CC(C)(C)[Si](C)(C)OS(=O)(=O)CC(F)(F)F. The van der Waals surface area contributed by atoms with E-state index in [1.807, 2.05) is 0 Å². The Labute approximate surface area is 95.2 Å². The predicted molar refractivity (Wildman–Crippen MR) is 58.1 cm³/mol. The summed E-state index contributed by atoms with van der Waals surface area (Å²) < 4.78 is 63.1. The smallest absolute Gasteiger partial charge is 0.314 e. The topological polar surface area (TPSA) is 43.4 Å². The van der Waals surface area contributed by atoms with Gasteiger partial charge >= 0.3 is 6.18 Å². The maximum atomic E-state index is 12.0. The predicted octanol–water partition coefficient (Wildman–Crippen LogP) is 2.90. The highest BCUT2D eigenvalue weighted by Crippen LogP contribution is 2.38. The summed E-state index contributed by atoms with van der Waals surface area (Å²) in [7, 11) is -7.27. The summed E-state index contributed by atoms with van der Waals surface area (Å²) in [4.78, 5) is 0. The summed E-state index contributed by atoms with van der Waals surface area (Å²) in [6, 6.07) is 0. The minimum atomic E-state index is -4.76. The zero-order chi connectivity index (χ0) is 13.4. The lowest BCUT2D eigenvalue weighted by Crippen LogP contribution is -2.44. The van der Waals surface area contributed by atoms with Crippen molar-refractivity contribution < 1.29 is 25.5 Å². The minimum absolute atomic E-state index is 0.453. The second-order valence-electron chi connectivity index (χ2n) is 5.16. The van der Waals surface area contributed by atoms with E-state index < -0.39 is 35.4 Å². The van der Waals surface area contributed by atoms with Crippen molar-refractivity contribution in [3.05, 3.63) is 0 Å². The molecule has 0 spiro atoms. The molecule has 0 aromatic heterocycles. The number of halogens is 3.